The van der Waals surface area contributed by atoms with E-state index in [2.05, 4.69) is 21.0 Å². The number of benzene rings is 1. The van der Waals surface area contributed by atoms with Crippen LogP contribution in [0, 0.1) is 0 Å². The number of carbonyl (C=O) groups is 1. The van der Waals surface area contributed by atoms with Crippen LogP contribution in [0.1, 0.15) is 16.1 Å². The number of hydrogen-bond acceptors (Lipinski definition) is 3. The number of hydrogen-bond donors (Lipinski definition) is 0. The highest BCUT2D eigenvalue weighted by Gasteiger charge is 2.13. The van der Waals surface area contributed by atoms with Crippen molar-refractivity contribution in [3.63, 3.8) is 0 Å². The SMILES string of the molecule is CN(Cc1ccco1)C(=O)c1ccc(-n2cc(Br)cn2)cc1. The third-order valence-corrected chi connectivity index (χ3v) is 3.66. The van der Waals surface area contributed by atoms with Crippen LogP contribution in [-0.4, -0.2) is 27.6 Å². The van der Waals surface area contributed by atoms with Gasteiger partial charge in [-0.25, -0.2) is 4.68 Å². The van der Waals surface area contributed by atoms with Crippen molar-refractivity contribution in [2.45, 2.75) is 6.54 Å². The molecule has 0 radical (unpaired) electrons. The Balaban J connectivity index is 1.73. The largest absolute Gasteiger partial charge is 0.467 e. The minimum Gasteiger partial charge on any atom is -0.467 e. The zero-order chi connectivity index (χ0) is 15.5. The Morgan fingerprint density at radius 3 is 2.68 bits per heavy atom. The molecule has 0 atom stereocenters. The predicted octanol–water partition coefficient (Wildman–Crippen LogP) is 3.50. The molecular weight excluding hydrogens is 346 g/mol. The van der Waals surface area contributed by atoms with Crippen LogP contribution in [-0.2, 0) is 6.54 Å². The summed E-state index contributed by atoms with van der Waals surface area (Å²) in [7, 11) is 1.75. The third kappa shape index (κ3) is 3.12. The molecule has 3 rings (SSSR count). The number of halogens is 1. The van der Waals surface area contributed by atoms with Crippen LogP contribution in [0.15, 0.2) is 63.9 Å². The van der Waals surface area contributed by atoms with Gasteiger partial charge in [0.2, 0.25) is 0 Å². The molecule has 2 aromatic heterocycles. The van der Waals surface area contributed by atoms with Gasteiger partial charge in [0.25, 0.3) is 5.91 Å². The average molecular weight is 360 g/mol. The van der Waals surface area contributed by atoms with Gasteiger partial charge >= 0.3 is 0 Å². The molecule has 1 amide bonds. The van der Waals surface area contributed by atoms with Crippen LogP contribution in [0.3, 0.4) is 0 Å². The maximum absolute atomic E-state index is 12.4. The first-order valence-electron chi connectivity index (χ1n) is 6.72. The van der Waals surface area contributed by atoms with Crippen molar-refractivity contribution in [2.24, 2.45) is 0 Å². The van der Waals surface area contributed by atoms with Crippen LogP contribution in [0.4, 0.5) is 0 Å². The van der Waals surface area contributed by atoms with E-state index >= 15 is 0 Å². The van der Waals surface area contributed by atoms with Crippen molar-refractivity contribution in [1.82, 2.24) is 14.7 Å². The van der Waals surface area contributed by atoms with Crippen molar-refractivity contribution in [3.8, 4) is 5.69 Å². The maximum atomic E-state index is 12.4. The van der Waals surface area contributed by atoms with Gasteiger partial charge in [0.05, 0.1) is 29.2 Å². The molecule has 1 aromatic carbocycles. The minimum absolute atomic E-state index is 0.0513. The Morgan fingerprint density at radius 2 is 2.09 bits per heavy atom. The van der Waals surface area contributed by atoms with Crippen molar-refractivity contribution >= 4 is 21.8 Å². The molecule has 0 bridgehead atoms. The topological polar surface area (TPSA) is 51.3 Å². The Hall–Kier alpha value is -2.34. The molecule has 6 heteroatoms. The monoisotopic (exact) mass is 359 g/mol. The second-order valence-corrected chi connectivity index (χ2v) is 5.81. The second-order valence-electron chi connectivity index (χ2n) is 4.89. The molecule has 0 fully saturated rings. The van der Waals surface area contributed by atoms with E-state index in [1.54, 1.807) is 41.2 Å². The number of furan rings is 1. The van der Waals surface area contributed by atoms with E-state index in [0.717, 1.165) is 15.9 Å². The van der Waals surface area contributed by atoms with Crippen LogP contribution in [0.5, 0.6) is 0 Å². The first-order valence-corrected chi connectivity index (χ1v) is 7.51. The van der Waals surface area contributed by atoms with Gasteiger partial charge in [-0.05, 0) is 52.3 Å². The summed E-state index contributed by atoms with van der Waals surface area (Å²) in [6, 6.07) is 11.0. The smallest absolute Gasteiger partial charge is 0.254 e. The number of carbonyl (C=O) groups excluding carboxylic acids is 1. The van der Waals surface area contributed by atoms with Crippen LogP contribution in [0.25, 0.3) is 5.69 Å². The van der Waals surface area contributed by atoms with Gasteiger partial charge < -0.3 is 9.32 Å². The predicted molar refractivity (Wildman–Crippen MR) is 85.8 cm³/mol. The summed E-state index contributed by atoms with van der Waals surface area (Å²) in [4.78, 5) is 14.0. The van der Waals surface area contributed by atoms with Gasteiger partial charge in [0.15, 0.2) is 0 Å². The number of rotatable bonds is 4. The molecule has 0 aliphatic carbocycles. The molecule has 0 unspecified atom stereocenters. The van der Waals surface area contributed by atoms with Gasteiger partial charge in [-0.1, -0.05) is 0 Å². The quantitative estimate of drug-likeness (QED) is 0.716. The van der Waals surface area contributed by atoms with Crippen molar-refractivity contribution in [1.29, 1.82) is 0 Å². The molecule has 112 valence electrons. The fraction of sp³-hybridized carbons (Fsp3) is 0.125. The van der Waals surface area contributed by atoms with E-state index in [0.29, 0.717) is 12.1 Å². The third-order valence-electron chi connectivity index (χ3n) is 3.25. The first-order chi connectivity index (χ1) is 10.6. The standard InChI is InChI=1S/C16H14BrN3O2/c1-19(11-15-3-2-8-22-15)16(21)12-4-6-14(7-5-12)20-10-13(17)9-18-20/h2-10H,11H2,1H3. The zero-order valence-corrected chi connectivity index (χ0v) is 13.5. The van der Waals surface area contributed by atoms with E-state index in [9.17, 15) is 4.79 Å². The summed E-state index contributed by atoms with van der Waals surface area (Å²) in [6.45, 7) is 0.444. The molecule has 2 heterocycles. The average Bonchev–Trinajstić information content (AvgIpc) is 3.18. The maximum Gasteiger partial charge on any atom is 0.254 e. The van der Waals surface area contributed by atoms with E-state index in [1.807, 2.05) is 30.5 Å². The summed E-state index contributed by atoms with van der Waals surface area (Å²) < 4.78 is 7.91. The highest BCUT2D eigenvalue weighted by molar-refractivity contribution is 9.10. The van der Waals surface area contributed by atoms with E-state index in [-0.39, 0.29) is 5.91 Å². The summed E-state index contributed by atoms with van der Waals surface area (Å²) >= 11 is 3.36. The Kier molecular flexibility index (Phi) is 4.11. The lowest BCUT2D eigenvalue weighted by Crippen LogP contribution is -2.25. The molecule has 0 spiro atoms. The number of amides is 1. The van der Waals surface area contributed by atoms with Crippen LogP contribution >= 0.6 is 15.9 Å². The highest BCUT2D eigenvalue weighted by atomic mass is 79.9. The zero-order valence-electron chi connectivity index (χ0n) is 11.9. The normalized spacial score (nSPS) is 10.6. The van der Waals surface area contributed by atoms with Gasteiger partial charge in [0, 0.05) is 18.8 Å². The van der Waals surface area contributed by atoms with Gasteiger partial charge in [-0.15, -0.1) is 0 Å². The minimum atomic E-state index is -0.0513. The van der Waals surface area contributed by atoms with E-state index < -0.39 is 0 Å². The van der Waals surface area contributed by atoms with E-state index in [1.165, 1.54) is 0 Å². The molecule has 5 nitrogen and oxygen atoms in total. The molecule has 22 heavy (non-hydrogen) atoms. The van der Waals surface area contributed by atoms with Crippen molar-refractivity contribution < 1.29 is 9.21 Å². The summed E-state index contributed by atoms with van der Waals surface area (Å²) in [5.41, 5.74) is 1.53. The fourth-order valence-corrected chi connectivity index (χ4v) is 2.41. The molecule has 3 aromatic rings. The molecular formula is C16H14BrN3O2. The summed E-state index contributed by atoms with van der Waals surface area (Å²) in [5, 5.41) is 4.21. The fourth-order valence-electron chi connectivity index (χ4n) is 2.13. The second kappa shape index (κ2) is 6.19. The van der Waals surface area contributed by atoms with Crippen LogP contribution < -0.4 is 0 Å². The Bertz CT molecular complexity index is 763. The highest BCUT2D eigenvalue weighted by Crippen LogP contribution is 2.15. The summed E-state index contributed by atoms with van der Waals surface area (Å²) in [5.74, 6) is 0.707. The molecule has 0 saturated heterocycles. The molecule has 0 saturated carbocycles. The van der Waals surface area contributed by atoms with Gasteiger partial charge in [-0.2, -0.15) is 5.10 Å². The van der Waals surface area contributed by atoms with Crippen LogP contribution in [0.2, 0.25) is 0 Å². The molecule has 0 aliphatic rings. The summed E-state index contributed by atoms with van der Waals surface area (Å²) in [6.07, 6.45) is 5.18. The van der Waals surface area contributed by atoms with Crippen molar-refractivity contribution in [2.75, 3.05) is 7.05 Å². The lowest BCUT2D eigenvalue weighted by Gasteiger charge is -2.16. The lowest BCUT2D eigenvalue weighted by atomic mass is 10.2. The van der Waals surface area contributed by atoms with Gasteiger partial charge in [-0.3, -0.25) is 4.79 Å². The first kappa shape index (κ1) is 14.6. The molecule has 0 N–H and O–H groups in total. The van der Waals surface area contributed by atoms with Gasteiger partial charge in [0.1, 0.15) is 5.76 Å². The van der Waals surface area contributed by atoms with Crippen molar-refractivity contribution in [3.05, 3.63) is 70.9 Å². The lowest BCUT2D eigenvalue weighted by molar-refractivity contribution is 0.0775. The Morgan fingerprint density at radius 1 is 1.32 bits per heavy atom. The van der Waals surface area contributed by atoms with E-state index in [4.69, 9.17) is 4.42 Å². The number of nitrogens with zero attached hydrogens (tertiary/aromatic N) is 3. The Labute approximate surface area is 136 Å². The number of aromatic nitrogens is 2. The molecule has 0 aliphatic heterocycles.